The summed E-state index contributed by atoms with van der Waals surface area (Å²) in [6.07, 6.45) is 1.11. The minimum Gasteiger partial charge on any atom is -0.481 e. The van der Waals surface area contributed by atoms with Crippen molar-refractivity contribution < 1.29 is 23.6 Å². The second kappa shape index (κ2) is 6.02. The Labute approximate surface area is 119 Å². The predicted molar refractivity (Wildman–Crippen MR) is 70.2 cm³/mol. The van der Waals surface area contributed by atoms with Gasteiger partial charge in [0.2, 0.25) is 0 Å². The minimum atomic E-state index is -0.972. The molecule has 0 aromatic heterocycles. The van der Waals surface area contributed by atoms with Crippen molar-refractivity contribution in [2.45, 2.75) is 19.3 Å². The van der Waals surface area contributed by atoms with Crippen molar-refractivity contribution >= 4 is 17.3 Å². The van der Waals surface area contributed by atoms with Gasteiger partial charge in [0.25, 0.3) is 5.69 Å². The van der Waals surface area contributed by atoms with Gasteiger partial charge in [-0.3, -0.25) is 14.9 Å². The molecule has 2 rings (SSSR count). The molecule has 0 saturated carbocycles. The monoisotopic (exact) mass is 300 g/mol. The van der Waals surface area contributed by atoms with Gasteiger partial charge in [0.1, 0.15) is 5.69 Å². The molecule has 0 radical (unpaired) electrons. The molecular weight excluding hydrogens is 286 g/mol. The number of halogens is 2. The number of non-ortho nitro benzene ring substituents is 1. The van der Waals surface area contributed by atoms with Crippen molar-refractivity contribution in [2.75, 3.05) is 18.0 Å². The highest BCUT2D eigenvalue weighted by atomic mass is 19.1. The molecule has 114 valence electrons. The number of benzene rings is 1. The summed E-state index contributed by atoms with van der Waals surface area (Å²) in [6, 6.07) is 1.39. The van der Waals surface area contributed by atoms with Gasteiger partial charge >= 0.3 is 5.97 Å². The van der Waals surface area contributed by atoms with Gasteiger partial charge in [-0.15, -0.1) is 0 Å². The first kappa shape index (κ1) is 15.1. The van der Waals surface area contributed by atoms with Gasteiger partial charge in [0.05, 0.1) is 17.1 Å². The SMILES string of the molecule is O=C(O)CCC1CCN(c2c(F)cc([N+](=O)[O-])cc2F)C1. The van der Waals surface area contributed by atoms with E-state index in [2.05, 4.69) is 0 Å². The average molecular weight is 300 g/mol. The van der Waals surface area contributed by atoms with E-state index in [0.717, 1.165) is 0 Å². The third kappa shape index (κ3) is 3.45. The highest BCUT2D eigenvalue weighted by molar-refractivity contribution is 5.66. The number of hydrogen-bond donors (Lipinski definition) is 1. The second-order valence-corrected chi connectivity index (χ2v) is 5.05. The number of anilines is 1. The number of aliphatic carboxylic acids is 1. The van der Waals surface area contributed by atoms with Crippen LogP contribution in [0.5, 0.6) is 0 Å². The van der Waals surface area contributed by atoms with Crippen LogP contribution in [-0.2, 0) is 4.79 Å². The third-order valence-corrected chi connectivity index (χ3v) is 3.58. The summed E-state index contributed by atoms with van der Waals surface area (Å²) >= 11 is 0. The van der Waals surface area contributed by atoms with Crippen molar-refractivity contribution in [1.29, 1.82) is 0 Å². The van der Waals surface area contributed by atoms with Crippen molar-refractivity contribution in [3.05, 3.63) is 33.9 Å². The number of nitro benzene ring substituents is 1. The Kier molecular flexibility index (Phi) is 4.35. The molecule has 1 heterocycles. The van der Waals surface area contributed by atoms with Gasteiger partial charge in [-0.25, -0.2) is 8.78 Å². The molecule has 6 nitrogen and oxygen atoms in total. The van der Waals surface area contributed by atoms with Crippen LogP contribution in [0.15, 0.2) is 12.1 Å². The Morgan fingerprint density at radius 3 is 2.57 bits per heavy atom. The first-order valence-electron chi connectivity index (χ1n) is 6.48. The van der Waals surface area contributed by atoms with E-state index in [1.54, 1.807) is 0 Å². The lowest BCUT2D eigenvalue weighted by Gasteiger charge is -2.19. The molecule has 0 spiro atoms. The van der Waals surface area contributed by atoms with E-state index in [1.807, 2.05) is 0 Å². The Balaban J connectivity index is 2.13. The molecule has 1 atom stereocenters. The molecule has 1 aromatic rings. The van der Waals surface area contributed by atoms with Crippen molar-refractivity contribution in [3.63, 3.8) is 0 Å². The van der Waals surface area contributed by atoms with Gasteiger partial charge in [0.15, 0.2) is 11.6 Å². The van der Waals surface area contributed by atoms with Gasteiger partial charge in [-0.2, -0.15) is 0 Å². The third-order valence-electron chi connectivity index (χ3n) is 3.58. The molecule has 0 bridgehead atoms. The lowest BCUT2D eigenvalue weighted by atomic mass is 10.0. The van der Waals surface area contributed by atoms with E-state index in [0.29, 0.717) is 38.1 Å². The van der Waals surface area contributed by atoms with E-state index < -0.39 is 28.2 Å². The van der Waals surface area contributed by atoms with Crippen LogP contribution in [-0.4, -0.2) is 29.1 Å². The maximum atomic E-state index is 13.9. The summed E-state index contributed by atoms with van der Waals surface area (Å²) < 4.78 is 27.8. The molecule has 8 heteroatoms. The van der Waals surface area contributed by atoms with E-state index in [9.17, 15) is 23.7 Å². The normalized spacial score (nSPS) is 18.0. The zero-order chi connectivity index (χ0) is 15.6. The number of nitrogens with zero attached hydrogens (tertiary/aromatic N) is 2. The number of hydrogen-bond acceptors (Lipinski definition) is 4. The van der Waals surface area contributed by atoms with Crippen LogP contribution >= 0.6 is 0 Å². The Morgan fingerprint density at radius 1 is 1.43 bits per heavy atom. The van der Waals surface area contributed by atoms with Crippen LogP contribution in [0.25, 0.3) is 0 Å². The molecule has 21 heavy (non-hydrogen) atoms. The van der Waals surface area contributed by atoms with Crippen LogP contribution in [0.1, 0.15) is 19.3 Å². The van der Waals surface area contributed by atoms with Gasteiger partial charge in [-0.1, -0.05) is 0 Å². The van der Waals surface area contributed by atoms with Gasteiger partial charge < -0.3 is 10.0 Å². The van der Waals surface area contributed by atoms with E-state index in [1.165, 1.54) is 4.90 Å². The summed E-state index contributed by atoms with van der Waals surface area (Å²) in [5.74, 6) is -2.79. The number of nitro groups is 1. The number of carboxylic acid groups (broad SMARTS) is 1. The highest BCUT2D eigenvalue weighted by Crippen LogP contribution is 2.32. The van der Waals surface area contributed by atoms with Crippen molar-refractivity contribution in [2.24, 2.45) is 5.92 Å². The van der Waals surface area contributed by atoms with Gasteiger partial charge in [-0.05, 0) is 18.8 Å². The molecule has 1 aromatic carbocycles. The fraction of sp³-hybridized carbons (Fsp3) is 0.462. The number of rotatable bonds is 5. The van der Waals surface area contributed by atoms with E-state index in [4.69, 9.17) is 5.11 Å². The summed E-state index contributed by atoms with van der Waals surface area (Å²) in [5, 5.41) is 19.2. The molecule has 0 amide bonds. The number of carboxylic acids is 1. The summed E-state index contributed by atoms with van der Waals surface area (Å²) in [6.45, 7) is 0.745. The quantitative estimate of drug-likeness (QED) is 0.667. The standard InChI is InChI=1S/C13H14F2N2O4/c14-10-5-9(17(20)21)6-11(15)13(10)16-4-3-8(7-16)1-2-12(18)19/h5-6,8H,1-4,7H2,(H,18,19). The minimum absolute atomic E-state index is 0.0176. The van der Waals surface area contributed by atoms with Crippen LogP contribution in [0.2, 0.25) is 0 Å². The summed E-state index contributed by atoms with van der Waals surface area (Å²) in [5.41, 5.74) is -0.909. The van der Waals surface area contributed by atoms with Crippen molar-refractivity contribution in [1.82, 2.24) is 0 Å². The Bertz CT molecular complexity index is 556. The topological polar surface area (TPSA) is 83.7 Å². The maximum Gasteiger partial charge on any atom is 0.303 e. The average Bonchev–Trinajstić information content (AvgIpc) is 2.84. The van der Waals surface area contributed by atoms with Crippen LogP contribution in [0.4, 0.5) is 20.2 Å². The van der Waals surface area contributed by atoms with Gasteiger partial charge in [0, 0.05) is 19.5 Å². The Morgan fingerprint density at radius 2 is 2.05 bits per heavy atom. The van der Waals surface area contributed by atoms with E-state index >= 15 is 0 Å². The number of carbonyl (C=O) groups is 1. The summed E-state index contributed by atoms with van der Waals surface area (Å²) in [4.78, 5) is 21.7. The fourth-order valence-electron chi connectivity index (χ4n) is 2.56. The van der Waals surface area contributed by atoms with Crippen LogP contribution in [0.3, 0.4) is 0 Å². The molecule has 1 aliphatic rings. The zero-order valence-corrected chi connectivity index (χ0v) is 11.1. The van der Waals surface area contributed by atoms with Crippen molar-refractivity contribution in [3.8, 4) is 0 Å². The van der Waals surface area contributed by atoms with Crippen LogP contribution < -0.4 is 4.90 Å². The molecule has 1 N–H and O–H groups in total. The lowest BCUT2D eigenvalue weighted by molar-refractivity contribution is -0.385. The maximum absolute atomic E-state index is 13.9. The summed E-state index contributed by atoms with van der Waals surface area (Å²) in [7, 11) is 0. The smallest absolute Gasteiger partial charge is 0.303 e. The largest absolute Gasteiger partial charge is 0.481 e. The Hall–Kier alpha value is -2.25. The molecule has 1 fully saturated rings. The fourth-order valence-corrected chi connectivity index (χ4v) is 2.56. The second-order valence-electron chi connectivity index (χ2n) is 5.05. The molecule has 1 unspecified atom stereocenters. The molecule has 1 saturated heterocycles. The first-order valence-corrected chi connectivity index (χ1v) is 6.48. The predicted octanol–water partition coefficient (Wildman–Crippen LogP) is 2.56. The van der Waals surface area contributed by atoms with Crippen LogP contribution in [0, 0.1) is 27.7 Å². The van der Waals surface area contributed by atoms with E-state index in [-0.39, 0.29) is 18.0 Å². The lowest BCUT2D eigenvalue weighted by Crippen LogP contribution is -2.22. The zero-order valence-electron chi connectivity index (χ0n) is 11.1. The molecule has 0 aliphatic carbocycles. The first-order chi connectivity index (χ1) is 9.88. The molecular formula is C13H14F2N2O4. The highest BCUT2D eigenvalue weighted by Gasteiger charge is 2.28. The molecule has 1 aliphatic heterocycles.